The van der Waals surface area contributed by atoms with Gasteiger partial charge in [-0.15, -0.1) is 0 Å². The molecule has 0 saturated carbocycles. The summed E-state index contributed by atoms with van der Waals surface area (Å²) in [5.41, 5.74) is 3.57. The van der Waals surface area contributed by atoms with Gasteiger partial charge in [0.05, 0.1) is 17.9 Å². The van der Waals surface area contributed by atoms with Crippen LogP contribution in [-0.2, 0) is 11.3 Å². The minimum Gasteiger partial charge on any atom is -0.462 e. The molecule has 3 heteroatoms. The molecule has 1 aromatic heterocycles. The summed E-state index contributed by atoms with van der Waals surface area (Å²) in [5.74, 6) is -0.301. The van der Waals surface area contributed by atoms with Gasteiger partial charge in [-0.3, -0.25) is 0 Å². The van der Waals surface area contributed by atoms with E-state index in [4.69, 9.17) is 4.74 Å². The second-order valence-corrected chi connectivity index (χ2v) is 5.27. The van der Waals surface area contributed by atoms with E-state index in [1.165, 1.54) is 5.56 Å². The van der Waals surface area contributed by atoms with E-state index < -0.39 is 0 Å². The lowest BCUT2D eigenvalue weighted by molar-refractivity contribution is 0.0528. The second kappa shape index (κ2) is 6.53. The third kappa shape index (κ3) is 2.78. The Morgan fingerprint density at radius 1 is 1.13 bits per heavy atom. The molecule has 0 radical (unpaired) electrons. The van der Waals surface area contributed by atoms with Crippen LogP contribution in [0.3, 0.4) is 0 Å². The Kier molecular flexibility index (Phi) is 4.29. The summed E-state index contributed by atoms with van der Waals surface area (Å²) in [6.45, 7) is 6.75. The summed E-state index contributed by atoms with van der Waals surface area (Å²) in [6.07, 6.45) is 1.73. The zero-order valence-corrected chi connectivity index (χ0v) is 13.2. The fourth-order valence-electron chi connectivity index (χ4n) is 2.89. The van der Waals surface area contributed by atoms with E-state index >= 15 is 0 Å². The van der Waals surface area contributed by atoms with Crippen LogP contribution in [0.5, 0.6) is 0 Å². The fourth-order valence-corrected chi connectivity index (χ4v) is 2.89. The van der Waals surface area contributed by atoms with Crippen molar-refractivity contribution in [1.29, 1.82) is 0 Å². The van der Waals surface area contributed by atoms with Gasteiger partial charge in [0.25, 0.3) is 0 Å². The highest BCUT2D eigenvalue weighted by molar-refractivity contribution is 6.07. The standard InChI is InChI=1S/C20H19NO2/c1-3-17-19(20(22)23-4-2)16-12-8-9-13-18(16)21(17)14-15-10-6-5-7-11-15/h3,5-13H,1,4,14H2,2H3. The lowest BCUT2D eigenvalue weighted by Crippen LogP contribution is -2.08. The Bertz CT molecular complexity index is 847. The van der Waals surface area contributed by atoms with Crippen molar-refractivity contribution in [3.8, 4) is 0 Å². The maximum Gasteiger partial charge on any atom is 0.340 e. The molecule has 116 valence electrons. The molecule has 0 aliphatic heterocycles. The van der Waals surface area contributed by atoms with Crippen LogP contribution < -0.4 is 0 Å². The van der Waals surface area contributed by atoms with Gasteiger partial charge in [-0.1, -0.05) is 55.1 Å². The smallest absolute Gasteiger partial charge is 0.340 e. The van der Waals surface area contributed by atoms with Crippen LogP contribution in [-0.4, -0.2) is 17.1 Å². The number of ether oxygens (including phenoxy) is 1. The Labute approximate surface area is 135 Å². The van der Waals surface area contributed by atoms with Crippen LogP contribution in [0.2, 0.25) is 0 Å². The Morgan fingerprint density at radius 2 is 1.83 bits per heavy atom. The van der Waals surface area contributed by atoms with Gasteiger partial charge in [0.15, 0.2) is 0 Å². The van der Waals surface area contributed by atoms with Crippen molar-refractivity contribution in [2.24, 2.45) is 0 Å². The number of benzene rings is 2. The van der Waals surface area contributed by atoms with E-state index in [0.29, 0.717) is 18.7 Å². The van der Waals surface area contributed by atoms with Gasteiger partial charge >= 0.3 is 5.97 Å². The van der Waals surface area contributed by atoms with Crippen LogP contribution in [0.15, 0.2) is 61.2 Å². The lowest BCUT2D eigenvalue weighted by Gasteiger charge is -2.09. The van der Waals surface area contributed by atoms with Crippen LogP contribution in [0.4, 0.5) is 0 Å². The van der Waals surface area contributed by atoms with Crippen molar-refractivity contribution in [2.45, 2.75) is 13.5 Å². The highest BCUT2D eigenvalue weighted by atomic mass is 16.5. The molecular formula is C20H19NO2. The molecule has 0 aliphatic rings. The molecule has 0 atom stereocenters. The Hall–Kier alpha value is -2.81. The molecule has 0 N–H and O–H groups in total. The summed E-state index contributed by atoms with van der Waals surface area (Å²) in [4.78, 5) is 12.4. The van der Waals surface area contributed by atoms with Gasteiger partial charge in [-0.2, -0.15) is 0 Å². The minimum absolute atomic E-state index is 0.301. The molecule has 3 rings (SSSR count). The quantitative estimate of drug-likeness (QED) is 0.649. The molecule has 0 fully saturated rings. The van der Waals surface area contributed by atoms with E-state index in [1.54, 1.807) is 6.08 Å². The molecule has 0 aliphatic carbocycles. The average molecular weight is 305 g/mol. The van der Waals surface area contributed by atoms with Gasteiger partial charge in [-0.25, -0.2) is 4.79 Å². The molecular weight excluding hydrogens is 286 g/mol. The number of fused-ring (bicyclic) bond motifs is 1. The zero-order chi connectivity index (χ0) is 16.2. The zero-order valence-electron chi connectivity index (χ0n) is 13.2. The minimum atomic E-state index is -0.301. The topological polar surface area (TPSA) is 31.2 Å². The second-order valence-electron chi connectivity index (χ2n) is 5.27. The summed E-state index contributed by atoms with van der Waals surface area (Å²) >= 11 is 0. The number of nitrogens with zero attached hydrogens (tertiary/aromatic N) is 1. The van der Waals surface area contributed by atoms with E-state index in [9.17, 15) is 4.79 Å². The largest absolute Gasteiger partial charge is 0.462 e. The van der Waals surface area contributed by atoms with E-state index in [0.717, 1.165) is 16.6 Å². The number of hydrogen-bond donors (Lipinski definition) is 0. The molecule has 0 saturated heterocycles. The Morgan fingerprint density at radius 3 is 2.52 bits per heavy atom. The molecule has 3 nitrogen and oxygen atoms in total. The number of carbonyl (C=O) groups excluding carboxylic acids is 1. The first kappa shape index (κ1) is 15.1. The van der Waals surface area contributed by atoms with Crippen molar-refractivity contribution in [1.82, 2.24) is 4.57 Å². The Balaban J connectivity index is 2.20. The maximum atomic E-state index is 12.4. The maximum absolute atomic E-state index is 12.4. The highest BCUT2D eigenvalue weighted by Crippen LogP contribution is 2.28. The first-order chi connectivity index (χ1) is 11.3. The molecule has 23 heavy (non-hydrogen) atoms. The molecule has 0 unspecified atom stereocenters. The van der Waals surface area contributed by atoms with Crippen molar-refractivity contribution in [3.63, 3.8) is 0 Å². The van der Waals surface area contributed by atoms with Crippen molar-refractivity contribution in [2.75, 3.05) is 6.61 Å². The van der Waals surface area contributed by atoms with Crippen molar-refractivity contribution < 1.29 is 9.53 Å². The first-order valence-electron chi connectivity index (χ1n) is 7.71. The molecule has 2 aromatic carbocycles. The highest BCUT2D eigenvalue weighted by Gasteiger charge is 2.21. The predicted molar refractivity (Wildman–Crippen MR) is 93.5 cm³/mol. The number of para-hydroxylation sites is 1. The third-order valence-corrected chi connectivity index (χ3v) is 3.87. The third-order valence-electron chi connectivity index (χ3n) is 3.87. The van der Waals surface area contributed by atoms with E-state index in [2.05, 4.69) is 23.3 Å². The number of aromatic nitrogens is 1. The fraction of sp³-hybridized carbons (Fsp3) is 0.150. The predicted octanol–water partition coefficient (Wildman–Crippen LogP) is 4.51. The van der Waals surface area contributed by atoms with Gasteiger partial charge < -0.3 is 9.30 Å². The molecule has 0 amide bonds. The summed E-state index contributed by atoms with van der Waals surface area (Å²) in [6, 6.07) is 18.1. The molecule has 0 bridgehead atoms. The van der Waals surface area contributed by atoms with Crippen molar-refractivity contribution >= 4 is 22.9 Å². The summed E-state index contributed by atoms with van der Waals surface area (Å²) in [5, 5.41) is 0.900. The summed E-state index contributed by atoms with van der Waals surface area (Å²) < 4.78 is 7.36. The number of esters is 1. The van der Waals surface area contributed by atoms with E-state index in [-0.39, 0.29) is 5.97 Å². The van der Waals surface area contributed by atoms with Crippen LogP contribution >= 0.6 is 0 Å². The van der Waals surface area contributed by atoms with Crippen LogP contribution in [0.1, 0.15) is 28.5 Å². The van der Waals surface area contributed by atoms with Gasteiger partial charge in [0, 0.05) is 17.4 Å². The van der Waals surface area contributed by atoms with Gasteiger partial charge in [0.1, 0.15) is 0 Å². The number of hydrogen-bond acceptors (Lipinski definition) is 2. The average Bonchev–Trinajstić information content (AvgIpc) is 2.90. The number of carbonyl (C=O) groups is 1. The molecule has 0 spiro atoms. The van der Waals surface area contributed by atoms with Crippen LogP contribution in [0, 0.1) is 0 Å². The lowest BCUT2D eigenvalue weighted by atomic mass is 10.1. The first-order valence-corrected chi connectivity index (χ1v) is 7.71. The van der Waals surface area contributed by atoms with E-state index in [1.807, 2.05) is 49.4 Å². The van der Waals surface area contributed by atoms with Gasteiger partial charge in [-0.05, 0) is 24.6 Å². The normalized spacial score (nSPS) is 10.7. The van der Waals surface area contributed by atoms with Crippen LogP contribution in [0.25, 0.3) is 17.0 Å². The van der Waals surface area contributed by atoms with Crippen molar-refractivity contribution in [3.05, 3.63) is 78.0 Å². The molecule has 3 aromatic rings. The van der Waals surface area contributed by atoms with Gasteiger partial charge in [0.2, 0.25) is 0 Å². The monoisotopic (exact) mass is 305 g/mol. The number of rotatable bonds is 5. The SMILES string of the molecule is C=Cc1c(C(=O)OCC)c2ccccc2n1Cc1ccccc1. The molecule has 1 heterocycles. The summed E-state index contributed by atoms with van der Waals surface area (Å²) in [7, 11) is 0.